The van der Waals surface area contributed by atoms with E-state index in [0.717, 1.165) is 48.5 Å². The van der Waals surface area contributed by atoms with Gasteiger partial charge in [0, 0.05) is 33.0 Å². The number of carboxylic acids is 3. The Bertz CT molecular complexity index is 1570. The van der Waals surface area contributed by atoms with E-state index in [2.05, 4.69) is 68.9 Å². The van der Waals surface area contributed by atoms with Crippen LogP contribution in [0.4, 0.5) is 0 Å². The number of nitrogens with zero attached hydrogens (tertiary/aromatic N) is 4. The first kappa shape index (κ1) is 61.7. The summed E-state index contributed by atoms with van der Waals surface area (Å²) in [4.78, 5) is 72.0. The molecule has 0 saturated heterocycles. The SMILES string of the molecule is CCC(C)CCCC(C)CC(=O)O.CCC=O.CCCN(CCN(CCC)C(CCC(=O)NCCCNC(=O)c1cc(C2=NNC=NN2)c[c]([Ge]([CH3])([CH3])[CH3])c1)C(=O)O)CC(=O)O.CO. The number of amidine groups is 1. The van der Waals surface area contributed by atoms with Crippen molar-refractivity contribution in [1.29, 1.82) is 0 Å². The van der Waals surface area contributed by atoms with E-state index in [1.165, 1.54) is 25.6 Å². The molecule has 1 aromatic rings. The number of hydrogen-bond acceptors (Lipinski definition) is 13. The van der Waals surface area contributed by atoms with Gasteiger partial charge in [0.2, 0.25) is 0 Å². The number of amides is 2. The van der Waals surface area contributed by atoms with Gasteiger partial charge in [-0.2, -0.15) is 0 Å². The van der Waals surface area contributed by atoms with Gasteiger partial charge in [-0.05, 0) is 37.8 Å². The van der Waals surface area contributed by atoms with Crippen molar-refractivity contribution in [2.45, 2.75) is 135 Å². The Morgan fingerprint density at radius 1 is 0.812 bits per heavy atom. The first-order chi connectivity index (χ1) is 30.3. The molecule has 1 aliphatic rings. The average molecular weight is 968 g/mol. The van der Waals surface area contributed by atoms with Crippen molar-refractivity contribution >= 4 is 65.8 Å². The number of aliphatic carboxylic acids is 3. The second-order valence-electron chi connectivity index (χ2n) is 16.8. The summed E-state index contributed by atoms with van der Waals surface area (Å²) in [5.74, 6) is 5.34. The van der Waals surface area contributed by atoms with Crippen molar-refractivity contribution in [2.24, 2.45) is 22.0 Å². The fourth-order valence-electron chi connectivity index (χ4n) is 6.31. The van der Waals surface area contributed by atoms with E-state index in [-0.39, 0.29) is 31.2 Å². The molecule has 0 spiro atoms. The van der Waals surface area contributed by atoms with Gasteiger partial charge in [0.05, 0.1) is 6.54 Å². The minimum atomic E-state index is -2.29. The second-order valence-corrected chi connectivity index (χ2v) is 27.4. The minimum absolute atomic E-state index is 0.0434. The molecule has 1 aromatic carbocycles. The molecule has 19 heteroatoms. The zero-order chi connectivity index (χ0) is 49.1. The summed E-state index contributed by atoms with van der Waals surface area (Å²) in [5, 5.41) is 48.5. The molecule has 3 atom stereocenters. The van der Waals surface area contributed by atoms with Crippen molar-refractivity contribution in [3.8, 4) is 0 Å². The van der Waals surface area contributed by atoms with Crippen LogP contribution in [0.1, 0.15) is 128 Å². The summed E-state index contributed by atoms with van der Waals surface area (Å²) < 4.78 is 1.15. The zero-order valence-corrected chi connectivity index (χ0v) is 42.5. The fraction of sp³-hybridized carbons (Fsp3) is 0.689. The monoisotopic (exact) mass is 969 g/mol. The molecular formula is C45H82GeN8O10. The van der Waals surface area contributed by atoms with Gasteiger partial charge in [0.15, 0.2) is 0 Å². The maximum absolute atomic E-state index is 13.0. The number of carbonyl (C=O) groups is 6. The predicted octanol–water partition coefficient (Wildman–Crippen LogP) is 4.53. The van der Waals surface area contributed by atoms with Crippen LogP contribution in [0.2, 0.25) is 17.3 Å². The van der Waals surface area contributed by atoms with Crippen LogP contribution < -0.4 is 25.9 Å². The van der Waals surface area contributed by atoms with Crippen LogP contribution >= 0.6 is 0 Å². The maximum atomic E-state index is 13.0. The molecule has 0 aliphatic carbocycles. The van der Waals surface area contributed by atoms with Gasteiger partial charge in [0.1, 0.15) is 12.3 Å². The second kappa shape index (κ2) is 36.9. The van der Waals surface area contributed by atoms with Crippen molar-refractivity contribution in [1.82, 2.24) is 31.3 Å². The third-order valence-electron chi connectivity index (χ3n) is 10.0. The molecule has 2 rings (SSSR count). The summed E-state index contributed by atoms with van der Waals surface area (Å²) >= 11 is -2.29. The smallest absolute Gasteiger partial charge is 0.320 e. The molecule has 3 unspecified atom stereocenters. The Kier molecular flexibility index (Phi) is 35.6. The van der Waals surface area contributed by atoms with E-state index in [4.69, 9.17) is 10.2 Å². The number of aliphatic hydroxyl groups excluding tert-OH is 1. The van der Waals surface area contributed by atoms with E-state index >= 15 is 0 Å². The van der Waals surface area contributed by atoms with Gasteiger partial charge in [-0.3, -0.25) is 24.2 Å². The average Bonchev–Trinajstić information content (AvgIpc) is 3.25. The molecule has 0 fully saturated rings. The Morgan fingerprint density at radius 3 is 1.95 bits per heavy atom. The largest absolute Gasteiger partial charge is 0.480 e. The molecular weight excluding hydrogens is 885 g/mol. The number of rotatable bonds is 29. The van der Waals surface area contributed by atoms with E-state index in [0.29, 0.717) is 75.8 Å². The number of nitrogens with one attached hydrogen (secondary N) is 4. The van der Waals surface area contributed by atoms with Crippen LogP contribution in [0.5, 0.6) is 0 Å². The number of aldehydes is 1. The maximum Gasteiger partial charge on any atom is 0.320 e. The first-order valence-electron chi connectivity index (χ1n) is 22.7. The van der Waals surface area contributed by atoms with E-state index in [1.54, 1.807) is 11.0 Å². The third kappa shape index (κ3) is 29.9. The van der Waals surface area contributed by atoms with Gasteiger partial charge in [-0.25, -0.2) is 0 Å². The Labute approximate surface area is 384 Å². The van der Waals surface area contributed by atoms with Crippen LogP contribution in [0.25, 0.3) is 0 Å². The minimum Gasteiger partial charge on any atom is -0.480 e. The zero-order valence-electron chi connectivity index (χ0n) is 40.4. The van der Waals surface area contributed by atoms with Crippen LogP contribution in [-0.2, 0) is 24.0 Å². The fourth-order valence-corrected chi connectivity index (χ4v) is 8.78. The molecule has 64 heavy (non-hydrogen) atoms. The standard InChI is InChI=1S/C30H50GeN8O6.C11H22O2.C3H6O.CH4O/c1-6-13-38(20-27(41)42)15-16-39(14-7-2)25(30(44)45)9-10-26(40)32-11-8-12-33-29(43)23-17-22(28-36-34-21-35-37-28)18-24(19-23)31(3,4)5;1-4-9(2)6-5-7-10(3)8-11(12)13;1-2-3-4;1-2/h17-19,21,25H,6-16,20H2,1-5H3,(H,32,40)(H,33,43)(H,34,35)(H,36,37)(H,41,42)(H,44,45);9-10H,4-8H2,1-3H3,(H,12,13);3H,2H2,1H3;2H,1H3. The molecule has 2 amide bonds. The molecule has 0 bridgehead atoms. The number of aliphatic hydroxyl groups is 1. The van der Waals surface area contributed by atoms with Crippen molar-refractivity contribution < 1.29 is 49.2 Å². The van der Waals surface area contributed by atoms with Crippen LogP contribution in [0.3, 0.4) is 0 Å². The molecule has 0 radical (unpaired) electrons. The summed E-state index contributed by atoms with van der Waals surface area (Å²) in [7, 11) is 1.00. The van der Waals surface area contributed by atoms with Crippen LogP contribution in [0.15, 0.2) is 28.4 Å². The molecule has 0 saturated carbocycles. The van der Waals surface area contributed by atoms with Crippen molar-refractivity contribution in [3.63, 3.8) is 0 Å². The molecule has 1 aliphatic heterocycles. The normalized spacial score (nSPS) is 13.1. The number of benzene rings is 1. The number of hydrogen-bond donors (Lipinski definition) is 8. The summed E-state index contributed by atoms with van der Waals surface area (Å²) in [6.45, 7) is 14.8. The predicted molar refractivity (Wildman–Crippen MR) is 257 cm³/mol. The number of carbonyl (C=O) groups excluding carboxylic acids is 3. The molecule has 1 heterocycles. The summed E-state index contributed by atoms with van der Waals surface area (Å²) in [6, 6.07) is 4.92. The van der Waals surface area contributed by atoms with E-state index in [9.17, 15) is 39.0 Å². The molecule has 366 valence electrons. The van der Waals surface area contributed by atoms with Gasteiger partial charge >= 0.3 is 180 Å². The van der Waals surface area contributed by atoms with Crippen LogP contribution in [-0.4, -0.2) is 151 Å². The summed E-state index contributed by atoms with van der Waals surface area (Å²) in [6.07, 6.45) is 10.2. The van der Waals surface area contributed by atoms with Crippen LogP contribution in [0, 0.1) is 11.8 Å². The van der Waals surface area contributed by atoms with Gasteiger partial charge in [-0.15, -0.1) is 0 Å². The van der Waals surface area contributed by atoms with Gasteiger partial charge in [-0.1, -0.05) is 67.2 Å². The van der Waals surface area contributed by atoms with Crippen molar-refractivity contribution in [3.05, 3.63) is 29.3 Å². The van der Waals surface area contributed by atoms with E-state index in [1.807, 2.05) is 38.7 Å². The molecule has 8 N–H and O–H groups in total. The summed E-state index contributed by atoms with van der Waals surface area (Å²) in [5.41, 5.74) is 6.87. The number of hydrazone groups is 2. The number of carboxylic acid groups (broad SMARTS) is 3. The van der Waals surface area contributed by atoms with E-state index < -0.39 is 37.2 Å². The molecule has 0 aromatic heterocycles. The Morgan fingerprint density at radius 2 is 1.44 bits per heavy atom. The van der Waals surface area contributed by atoms with Crippen molar-refractivity contribution in [2.75, 3.05) is 52.9 Å². The van der Waals surface area contributed by atoms with Gasteiger partial charge in [0.25, 0.3) is 0 Å². The first-order valence-corrected chi connectivity index (χ1v) is 30.0. The Hall–Kier alpha value is -4.40. The Balaban J connectivity index is 0. The quantitative estimate of drug-likeness (QED) is 0.0312. The topological polar surface area (TPSA) is 263 Å². The van der Waals surface area contributed by atoms with Gasteiger partial charge < -0.3 is 25.2 Å². The third-order valence-corrected chi connectivity index (χ3v) is 14.3. The molecule has 18 nitrogen and oxygen atoms in total.